The van der Waals surface area contributed by atoms with Gasteiger partial charge in [-0.1, -0.05) is 48.0 Å². The number of carbonyl (C=O) groups excluding carboxylic acids is 1. The summed E-state index contributed by atoms with van der Waals surface area (Å²) in [5, 5.41) is 12.4. The average molecular weight is 431 g/mol. The minimum atomic E-state index is -0.312. The van der Waals surface area contributed by atoms with Crippen molar-refractivity contribution in [1.29, 1.82) is 0 Å². The predicted molar refractivity (Wildman–Crippen MR) is 120 cm³/mol. The minimum absolute atomic E-state index is 0.201. The molecule has 154 valence electrons. The largest absolute Gasteiger partial charge is 0.324 e. The molecule has 1 atom stereocenters. The van der Waals surface area contributed by atoms with Gasteiger partial charge < -0.3 is 5.32 Å². The first-order chi connectivity index (χ1) is 15.1. The van der Waals surface area contributed by atoms with Gasteiger partial charge in [-0.3, -0.25) is 10.1 Å². The summed E-state index contributed by atoms with van der Waals surface area (Å²) in [4.78, 5) is 17.5. The van der Waals surface area contributed by atoms with E-state index in [1.165, 1.54) is 23.5 Å². The highest BCUT2D eigenvalue weighted by Crippen LogP contribution is 2.33. The van der Waals surface area contributed by atoms with Gasteiger partial charge in [-0.2, -0.15) is 4.98 Å². The molecule has 0 aliphatic carbocycles. The van der Waals surface area contributed by atoms with Crippen LogP contribution in [0.15, 0.2) is 72.1 Å². The number of benzene rings is 2. The maximum atomic E-state index is 13.5. The number of aromatic nitrogens is 3. The number of allylic oxidation sites excluding steroid dienone is 1. The van der Waals surface area contributed by atoms with E-state index in [4.69, 9.17) is 0 Å². The van der Waals surface area contributed by atoms with Crippen molar-refractivity contribution in [2.75, 3.05) is 10.6 Å². The number of rotatable bonds is 4. The summed E-state index contributed by atoms with van der Waals surface area (Å²) in [6, 6.07) is 17.7. The summed E-state index contributed by atoms with van der Waals surface area (Å²) in [5.41, 5.74) is 3.88. The Labute approximate surface area is 182 Å². The Balaban J connectivity index is 1.53. The lowest BCUT2D eigenvalue weighted by Crippen LogP contribution is -2.20. The van der Waals surface area contributed by atoms with Gasteiger partial charge in [0.25, 0.3) is 11.9 Å². The van der Waals surface area contributed by atoms with E-state index in [1.807, 2.05) is 48.7 Å². The van der Waals surface area contributed by atoms with Crippen molar-refractivity contribution >= 4 is 34.8 Å². The maximum absolute atomic E-state index is 13.5. The molecule has 2 aromatic heterocycles. The second-order valence-electron chi connectivity index (χ2n) is 7.20. The number of nitrogens with one attached hydrogen (secondary N) is 2. The molecule has 1 amide bonds. The van der Waals surface area contributed by atoms with Crippen molar-refractivity contribution in [2.24, 2.45) is 0 Å². The lowest BCUT2D eigenvalue weighted by Gasteiger charge is -2.24. The zero-order chi connectivity index (χ0) is 21.4. The molecule has 3 heterocycles. The number of aryl methyl sites for hydroxylation is 1. The number of thiophene rings is 1. The van der Waals surface area contributed by atoms with Crippen LogP contribution in [0, 0.1) is 12.7 Å². The van der Waals surface area contributed by atoms with Gasteiger partial charge in [0.15, 0.2) is 0 Å². The second kappa shape index (κ2) is 7.81. The smallest absolute Gasteiger partial charge is 0.268 e. The Morgan fingerprint density at radius 1 is 1.13 bits per heavy atom. The van der Waals surface area contributed by atoms with Gasteiger partial charge >= 0.3 is 0 Å². The highest BCUT2D eigenvalue weighted by atomic mass is 32.1. The third kappa shape index (κ3) is 3.85. The number of carbonyl (C=O) groups is 1. The summed E-state index contributed by atoms with van der Waals surface area (Å²) in [6.07, 6.45) is 2.02. The molecule has 1 aliphatic heterocycles. The topological polar surface area (TPSA) is 71.8 Å². The molecule has 0 bridgehead atoms. The van der Waals surface area contributed by atoms with Gasteiger partial charge in [-0.15, -0.1) is 16.4 Å². The summed E-state index contributed by atoms with van der Waals surface area (Å²) >= 11 is 1.35. The van der Waals surface area contributed by atoms with Crippen LogP contribution < -0.4 is 10.6 Å². The molecule has 0 saturated heterocycles. The second-order valence-corrected chi connectivity index (χ2v) is 8.15. The number of halogens is 1. The molecule has 1 unspecified atom stereocenters. The molecular weight excluding hydrogens is 413 g/mol. The Bertz CT molecular complexity index is 1260. The third-order valence-electron chi connectivity index (χ3n) is 5.01. The molecule has 31 heavy (non-hydrogen) atoms. The van der Waals surface area contributed by atoms with Crippen LogP contribution in [0.4, 0.5) is 16.3 Å². The van der Waals surface area contributed by atoms with Crippen LogP contribution >= 0.6 is 11.3 Å². The Kier molecular flexibility index (Phi) is 4.83. The molecule has 2 aromatic carbocycles. The standard InChI is InChI=1S/C23H18FN5OS/c1-14-4-6-15(7-5-14)18-13-19(16-8-10-17(24)11-9-16)29-23(25-18)27-22(28-29)26-21(30)20-3-2-12-31-20/h2-13,19H,1H3,(H2,25,26,27,28,30). The van der Waals surface area contributed by atoms with Crippen molar-refractivity contribution in [1.82, 2.24) is 14.8 Å². The Morgan fingerprint density at radius 2 is 1.90 bits per heavy atom. The van der Waals surface area contributed by atoms with Crippen LogP contribution in [-0.2, 0) is 0 Å². The van der Waals surface area contributed by atoms with Gasteiger partial charge in [0.2, 0.25) is 5.95 Å². The summed E-state index contributed by atoms with van der Waals surface area (Å²) in [5.74, 6) is 0.131. The van der Waals surface area contributed by atoms with Crippen LogP contribution in [0.25, 0.3) is 5.70 Å². The number of amides is 1. The number of hydrogen-bond donors (Lipinski definition) is 2. The van der Waals surface area contributed by atoms with E-state index < -0.39 is 0 Å². The highest BCUT2D eigenvalue weighted by Gasteiger charge is 2.26. The first-order valence-corrected chi connectivity index (χ1v) is 10.6. The first-order valence-electron chi connectivity index (χ1n) is 9.69. The van der Waals surface area contributed by atoms with E-state index in [-0.39, 0.29) is 23.7 Å². The fraction of sp³-hybridized carbons (Fsp3) is 0.0870. The molecule has 6 nitrogen and oxygen atoms in total. The Morgan fingerprint density at radius 3 is 2.61 bits per heavy atom. The molecular formula is C23H18FN5OS. The first kappa shape index (κ1) is 19.2. The molecule has 4 aromatic rings. The lowest BCUT2D eigenvalue weighted by molar-refractivity contribution is 0.102. The number of nitrogens with zero attached hydrogens (tertiary/aromatic N) is 3. The molecule has 5 rings (SSSR count). The van der Waals surface area contributed by atoms with E-state index in [0.717, 1.165) is 22.4 Å². The number of anilines is 2. The summed E-state index contributed by atoms with van der Waals surface area (Å²) in [6.45, 7) is 2.03. The van der Waals surface area contributed by atoms with Crippen LogP contribution in [0.5, 0.6) is 0 Å². The van der Waals surface area contributed by atoms with Gasteiger partial charge in [-0.25, -0.2) is 9.07 Å². The van der Waals surface area contributed by atoms with Crippen molar-refractivity contribution in [3.8, 4) is 0 Å². The van der Waals surface area contributed by atoms with Crippen LogP contribution in [0.2, 0.25) is 0 Å². The third-order valence-corrected chi connectivity index (χ3v) is 5.88. The van der Waals surface area contributed by atoms with E-state index in [9.17, 15) is 9.18 Å². The fourth-order valence-electron chi connectivity index (χ4n) is 3.42. The van der Waals surface area contributed by atoms with E-state index >= 15 is 0 Å². The van der Waals surface area contributed by atoms with Crippen LogP contribution in [0.1, 0.15) is 32.4 Å². The average Bonchev–Trinajstić information content (AvgIpc) is 3.44. The maximum Gasteiger partial charge on any atom is 0.268 e. The van der Waals surface area contributed by atoms with E-state index in [0.29, 0.717) is 10.8 Å². The van der Waals surface area contributed by atoms with Gasteiger partial charge in [0.1, 0.15) is 11.9 Å². The summed E-state index contributed by atoms with van der Waals surface area (Å²) in [7, 11) is 0. The molecule has 0 radical (unpaired) electrons. The zero-order valence-corrected chi connectivity index (χ0v) is 17.4. The highest BCUT2D eigenvalue weighted by molar-refractivity contribution is 7.12. The zero-order valence-electron chi connectivity index (χ0n) is 16.5. The fourth-order valence-corrected chi connectivity index (χ4v) is 4.03. The van der Waals surface area contributed by atoms with Crippen LogP contribution in [0.3, 0.4) is 0 Å². The SMILES string of the molecule is Cc1ccc(C2=CC(c3ccc(F)cc3)n3nc(NC(=O)c4cccs4)nc3N2)cc1. The number of hydrogen-bond acceptors (Lipinski definition) is 5. The monoisotopic (exact) mass is 431 g/mol. The van der Waals surface area contributed by atoms with Crippen molar-refractivity contribution in [2.45, 2.75) is 13.0 Å². The molecule has 0 saturated carbocycles. The molecule has 0 spiro atoms. The van der Waals surface area contributed by atoms with Gasteiger partial charge in [-0.05, 0) is 47.7 Å². The van der Waals surface area contributed by atoms with Crippen LogP contribution in [-0.4, -0.2) is 20.7 Å². The van der Waals surface area contributed by atoms with E-state index in [2.05, 4.69) is 20.7 Å². The van der Waals surface area contributed by atoms with Crippen molar-refractivity contribution < 1.29 is 9.18 Å². The van der Waals surface area contributed by atoms with Gasteiger partial charge in [0.05, 0.1) is 4.88 Å². The van der Waals surface area contributed by atoms with E-state index in [1.54, 1.807) is 22.9 Å². The molecule has 2 N–H and O–H groups in total. The molecule has 8 heteroatoms. The predicted octanol–water partition coefficient (Wildman–Crippen LogP) is 5.10. The summed E-state index contributed by atoms with van der Waals surface area (Å²) < 4.78 is 15.2. The number of fused-ring (bicyclic) bond motifs is 1. The molecule has 1 aliphatic rings. The Hall–Kier alpha value is -3.78. The minimum Gasteiger partial charge on any atom is -0.324 e. The molecule has 0 fully saturated rings. The lowest BCUT2D eigenvalue weighted by atomic mass is 10.0. The van der Waals surface area contributed by atoms with Crippen molar-refractivity contribution in [3.63, 3.8) is 0 Å². The van der Waals surface area contributed by atoms with Gasteiger partial charge in [0, 0.05) is 5.70 Å². The normalized spacial score (nSPS) is 15.0. The van der Waals surface area contributed by atoms with Crippen molar-refractivity contribution in [3.05, 3.63) is 99.5 Å². The quantitative estimate of drug-likeness (QED) is 0.472.